The highest BCUT2D eigenvalue weighted by molar-refractivity contribution is 5.51. The van der Waals surface area contributed by atoms with E-state index >= 15 is 0 Å². The molecule has 1 saturated carbocycles. The zero-order chi connectivity index (χ0) is 13.5. The van der Waals surface area contributed by atoms with Crippen LogP contribution >= 0.6 is 0 Å². The van der Waals surface area contributed by atoms with Crippen LogP contribution in [0.1, 0.15) is 37.7 Å². The maximum Gasteiger partial charge on any atom is 0.231 e. The number of aromatic hydroxyl groups is 1. The monoisotopic (exact) mass is 275 g/mol. The standard InChI is InChI=1S/C16H21NO3/c18-14-8-16-15(19-10-20-16)7-12(14)9-17-6-2-4-11-3-1-5-13(11)17/h7-8,11,13,18H,1-6,9-10H2. The van der Waals surface area contributed by atoms with E-state index in [4.69, 9.17) is 9.47 Å². The second kappa shape index (κ2) is 4.85. The quantitative estimate of drug-likeness (QED) is 0.901. The fourth-order valence-electron chi connectivity index (χ4n) is 4.07. The minimum atomic E-state index is 0.257. The van der Waals surface area contributed by atoms with E-state index in [1.54, 1.807) is 6.07 Å². The minimum absolute atomic E-state index is 0.257. The van der Waals surface area contributed by atoms with Gasteiger partial charge in [-0.1, -0.05) is 6.42 Å². The number of nitrogens with zero attached hydrogens (tertiary/aromatic N) is 1. The molecule has 4 rings (SSSR count). The summed E-state index contributed by atoms with van der Waals surface area (Å²) >= 11 is 0. The average Bonchev–Trinajstić information content (AvgIpc) is 3.07. The Hall–Kier alpha value is -1.42. The van der Waals surface area contributed by atoms with Crippen molar-refractivity contribution in [3.05, 3.63) is 17.7 Å². The molecule has 2 aliphatic heterocycles. The molecule has 0 bridgehead atoms. The first-order valence-electron chi connectivity index (χ1n) is 7.67. The van der Waals surface area contributed by atoms with Gasteiger partial charge in [0.1, 0.15) is 5.75 Å². The Morgan fingerprint density at radius 3 is 2.80 bits per heavy atom. The molecule has 108 valence electrons. The summed E-state index contributed by atoms with van der Waals surface area (Å²) in [7, 11) is 0. The smallest absolute Gasteiger partial charge is 0.231 e. The van der Waals surface area contributed by atoms with Crippen LogP contribution in [0.4, 0.5) is 0 Å². The summed E-state index contributed by atoms with van der Waals surface area (Å²) in [4.78, 5) is 2.55. The van der Waals surface area contributed by atoms with Crippen molar-refractivity contribution in [2.24, 2.45) is 5.92 Å². The van der Waals surface area contributed by atoms with E-state index in [0.717, 1.165) is 30.3 Å². The van der Waals surface area contributed by atoms with Gasteiger partial charge >= 0.3 is 0 Å². The van der Waals surface area contributed by atoms with Gasteiger partial charge < -0.3 is 14.6 Å². The van der Waals surface area contributed by atoms with Gasteiger partial charge in [0.25, 0.3) is 0 Å². The van der Waals surface area contributed by atoms with Crippen molar-refractivity contribution < 1.29 is 14.6 Å². The van der Waals surface area contributed by atoms with Crippen LogP contribution in [-0.2, 0) is 6.54 Å². The van der Waals surface area contributed by atoms with Crippen LogP contribution in [0.5, 0.6) is 17.2 Å². The number of hydrogen-bond acceptors (Lipinski definition) is 4. The molecule has 0 radical (unpaired) electrons. The van der Waals surface area contributed by atoms with E-state index in [9.17, 15) is 5.11 Å². The first-order valence-corrected chi connectivity index (χ1v) is 7.67. The van der Waals surface area contributed by atoms with Crippen LogP contribution in [0.25, 0.3) is 0 Å². The van der Waals surface area contributed by atoms with Gasteiger partial charge in [-0.15, -0.1) is 0 Å². The van der Waals surface area contributed by atoms with Crippen molar-refractivity contribution in [3.8, 4) is 17.2 Å². The third-order valence-corrected chi connectivity index (χ3v) is 5.06. The Bertz CT molecular complexity index is 517. The van der Waals surface area contributed by atoms with E-state index in [1.165, 1.54) is 32.1 Å². The van der Waals surface area contributed by atoms with Crippen LogP contribution < -0.4 is 9.47 Å². The maximum absolute atomic E-state index is 10.2. The number of likely N-dealkylation sites (tertiary alicyclic amines) is 1. The zero-order valence-corrected chi connectivity index (χ0v) is 11.7. The highest BCUT2D eigenvalue weighted by Crippen LogP contribution is 2.41. The molecule has 2 heterocycles. The van der Waals surface area contributed by atoms with Crippen molar-refractivity contribution in [2.45, 2.75) is 44.7 Å². The Morgan fingerprint density at radius 2 is 1.90 bits per heavy atom. The molecule has 2 atom stereocenters. The first kappa shape index (κ1) is 12.3. The van der Waals surface area contributed by atoms with Gasteiger partial charge in [0.2, 0.25) is 6.79 Å². The van der Waals surface area contributed by atoms with E-state index in [2.05, 4.69) is 4.90 Å². The number of phenols is 1. The molecule has 0 amide bonds. The summed E-state index contributed by atoms with van der Waals surface area (Å²) in [6.45, 7) is 2.23. The number of fused-ring (bicyclic) bond motifs is 2. The predicted octanol–water partition coefficient (Wildman–Crippen LogP) is 2.89. The molecule has 4 heteroatoms. The lowest BCUT2D eigenvalue weighted by molar-refractivity contribution is 0.105. The molecule has 1 saturated heterocycles. The summed E-state index contributed by atoms with van der Waals surface area (Å²) in [5.74, 6) is 2.62. The molecule has 4 nitrogen and oxygen atoms in total. The number of ether oxygens (including phenoxy) is 2. The minimum Gasteiger partial charge on any atom is -0.507 e. The molecule has 1 aromatic carbocycles. The molecule has 2 fully saturated rings. The summed E-state index contributed by atoms with van der Waals surface area (Å²) < 4.78 is 10.7. The third-order valence-electron chi connectivity index (χ3n) is 5.06. The Kier molecular flexibility index (Phi) is 2.99. The molecule has 3 aliphatic rings. The topological polar surface area (TPSA) is 41.9 Å². The van der Waals surface area contributed by atoms with Gasteiger partial charge in [-0.3, -0.25) is 4.90 Å². The van der Waals surface area contributed by atoms with Gasteiger partial charge in [0.05, 0.1) is 0 Å². The maximum atomic E-state index is 10.2. The summed E-state index contributed by atoms with van der Waals surface area (Å²) in [6.07, 6.45) is 6.73. The van der Waals surface area contributed by atoms with Crippen molar-refractivity contribution in [3.63, 3.8) is 0 Å². The fourth-order valence-corrected chi connectivity index (χ4v) is 4.07. The van der Waals surface area contributed by atoms with Gasteiger partial charge in [0.15, 0.2) is 11.5 Å². The molecule has 1 aromatic rings. The van der Waals surface area contributed by atoms with Crippen molar-refractivity contribution in [2.75, 3.05) is 13.3 Å². The molecule has 20 heavy (non-hydrogen) atoms. The molecular formula is C16H21NO3. The van der Waals surface area contributed by atoms with Gasteiger partial charge in [-0.25, -0.2) is 0 Å². The highest BCUT2D eigenvalue weighted by Gasteiger charge is 2.35. The van der Waals surface area contributed by atoms with Gasteiger partial charge in [-0.05, 0) is 44.2 Å². The van der Waals surface area contributed by atoms with Crippen LogP contribution in [0.3, 0.4) is 0 Å². The van der Waals surface area contributed by atoms with Crippen LogP contribution in [0.15, 0.2) is 12.1 Å². The lowest BCUT2D eigenvalue weighted by Gasteiger charge is -2.37. The molecule has 0 spiro atoms. The third kappa shape index (κ3) is 2.03. The zero-order valence-electron chi connectivity index (χ0n) is 11.7. The second-order valence-electron chi connectivity index (χ2n) is 6.21. The van der Waals surface area contributed by atoms with Crippen molar-refractivity contribution in [1.82, 2.24) is 4.90 Å². The average molecular weight is 275 g/mol. The lowest BCUT2D eigenvalue weighted by Crippen LogP contribution is -2.41. The summed E-state index contributed by atoms with van der Waals surface area (Å²) in [5.41, 5.74) is 0.960. The molecular weight excluding hydrogens is 254 g/mol. The van der Waals surface area contributed by atoms with Gasteiger partial charge in [0, 0.05) is 24.2 Å². The van der Waals surface area contributed by atoms with Gasteiger partial charge in [-0.2, -0.15) is 0 Å². The molecule has 1 N–H and O–H groups in total. The van der Waals surface area contributed by atoms with Crippen LogP contribution in [-0.4, -0.2) is 29.4 Å². The number of piperidine rings is 1. The number of rotatable bonds is 2. The molecule has 1 aliphatic carbocycles. The first-order chi connectivity index (χ1) is 9.81. The van der Waals surface area contributed by atoms with Crippen LogP contribution in [0, 0.1) is 5.92 Å². The molecule has 0 aromatic heterocycles. The Morgan fingerprint density at radius 1 is 1.10 bits per heavy atom. The Balaban J connectivity index is 1.56. The number of phenolic OH excluding ortho intramolecular Hbond substituents is 1. The van der Waals surface area contributed by atoms with E-state index in [0.29, 0.717) is 17.5 Å². The van der Waals surface area contributed by atoms with Crippen LogP contribution in [0.2, 0.25) is 0 Å². The number of benzene rings is 1. The summed E-state index contributed by atoms with van der Waals surface area (Å²) in [6, 6.07) is 4.35. The summed E-state index contributed by atoms with van der Waals surface area (Å²) in [5, 5.41) is 10.2. The highest BCUT2D eigenvalue weighted by atomic mass is 16.7. The lowest BCUT2D eigenvalue weighted by atomic mass is 9.91. The largest absolute Gasteiger partial charge is 0.507 e. The van der Waals surface area contributed by atoms with Crippen molar-refractivity contribution in [1.29, 1.82) is 0 Å². The Labute approximate surface area is 119 Å². The second-order valence-corrected chi connectivity index (χ2v) is 6.21. The van der Waals surface area contributed by atoms with E-state index in [-0.39, 0.29) is 6.79 Å². The predicted molar refractivity (Wildman–Crippen MR) is 75.0 cm³/mol. The van der Waals surface area contributed by atoms with E-state index < -0.39 is 0 Å². The number of hydrogen-bond donors (Lipinski definition) is 1. The fraction of sp³-hybridized carbons (Fsp3) is 0.625. The van der Waals surface area contributed by atoms with E-state index in [1.807, 2.05) is 6.07 Å². The SMILES string of the molecule is Oc1cc2c(cc1CN1CCCC3CCCC31)OCO2. The molecule has 2 unspecified atom stereocenters. The normalized spacial score (nSPS) is 28.6. The van der Waals surface area contributed by atoms with Crippen molar-refractivity contribution >= 4 is 0 Å².